The molecule has 0 heterocycles. The fourth-order valence-corrected chi connectivity index (χ4v) is 1.81. The lowest BCUT2D eigenvalue weighted by Gasteiger charge is -2.43. The molecule has 0 radical (unpaired) electrons. The van der Waals surface area contributed by atoms with Crippen molar-refractivity contribution in [1.82, 2.24) is 0 Å². The van der Waals surface area contributed by atoms with Crippen molar-refractivity contribution >= 4 is 0 Å². The molecule has 2 N–H and O–H groups in total. The Morgan fingerprint density at radius 1 is 1.70 bits per heavy atom. The molecule has 0 aromatic carbocycles. The Balaban J connectivity index is 2.34. The molecule has 0 aliphatic heterocycles. The third kappa shape index (κ3) is 1.43. The van der Waals surface area contributed by atoms with Crippen LogP contribution in [0, 0.1) is 5.92 Å². The zero-order valence-corrected chi connectivity index (χ0v) is 6.68. The molecule has 0 atom stereocenters. The van der Waals surface area contributed by atoms with Crippen molar-refractivity contribution in [3.63, 3.8) is 0 Å². The third-order valence-corrected chi connectivity index (χ3v) is 1.94. The normalized spacial score (nSPS) is 38.4. The quantitative estimate of drug-likeness (QED) is 0.593. The van der Waals surface area contributed by atoms with E-state index in [2.05, 4.69) is 20.4 Å². The van der Waals surface area contributed by atoms with Crippen LogP contribution in [0.3, 0.4) is 0 Å². The monoisotopic (exact) mass is 141 g/mol. The van der Waals surface area contributed by atoms with Crippen LogP contribution in [0.4, 0.5) is 0 Å². The number of ether oxygens (including phenoxy) is 1. The van der Waals surface area contributed by atoms with Gasteiger partial charge in [0.15, 0.2) is 5.88 Å². The van der Waals surface area contributed by atoms with E-state index in [9.17, 15) is 0 Å². The summed E-state index contributed by atoms with van der Waals surface area (Å²) in [6, 6.07) is 0. The topological polar surface area (TPSA) is 35.2 Å². The summed E-state index contributed by atoms with van der Waals surface area (Å²) < 4.78 is 5.33. The highest BCUT2D eigenvalue weighted by Crippen LogP contribution is 2.40. The van der Waals surface area contributed by atoms with Gasteiger partial charge in [0.1, 0.15) is 5.60 Å². The van der Waals surface area contributed by atoms with Gasteiger partial charge in [-0.15, -0.1) is 0 Å². The molecule has 2 nitrogen and oxygen atoms in total. The average molecular weight is 141 g/mol. The molecule has 0 spiro atoms. The molecule has 10 heavy (non-hydrogen) atoms. The zero-order valence-electron chi connectivity index (χ0n) is 6.68. The maximum atomic E-state index is 5.33. The first-order valence-corrected chi connectivity index (χ1v) is 3.65. The fourth-order valence-electron chi connectivity index (χ4n) is 1.81. The van der Waals surface area contributed by atoms with Crippen LogP contribution in [0.5, 0.6) is 0 Å². The van der Waals surface area contributed by atoms with Gasteiger partial charge in [0.2, 0.25) is 0 Å². The van der Waals surface area contributed by atoms with Gasteiger partial charge in [-0.25, -0.2) is 0 Å². The first kappa shape index (κ1) is 7.45. The number of rotatable bonds is 2. The predicted octanol–water partition coefficient (Wildman–Crippen LogP) is 1.62. The second kappa shape index (κ2) is 2.19. The smallest absolute Gasteiger partial charge is 0.177 e. The summed E-state index contributed by atoms with van der Waals surface area (Å²) in [6.45, 7) is 7.79. The first-order chi connectivity index (χ1) is 4.52. The van der Waals surface area contributed by atoms with E-state index in [4.69, 9.17) is 10.5 Å². The van der Waals surface area contributed by atoms with Crippen molar-refractivity contribution in [2.75, 3.05) is 0 Å². The Hall–Kier alpha value is -0.660. The van der Waals surface area contributed by atoms with Gasteiger partial charge in [-0.3, -0.25) is 0 Å². The molecular formula is C8H15NO. The zero-order chi connectivity index (χ0) is 7.78. The summed E-state index contributed by atoms with van der Waals surface area (Å²) in [4.78, 5) is 0. The van der Waals surface area contributed by atoms with E-state index in [0.29, 0.717) is 5.88 Å². The number of hydrogen-bond donors (Lipinski definition) is 1. The van der Waals surface area contributed by atoms with Crippen LogP contribution >= 0.6 is 0 Å². The van der Waals surface area contributed by atoms with Crippen molar-refractivity contribution in [2.24, 2.45) is 11.7 Å². The van der Waals surface area contributed by atoms with Crippen LogP contribution < -0.4 is 5.73 Å². The summed E-state index contributed by atoms with van der Waals surface area (Å²) in [5, 5.41) is 0. The van der Waals surface area contributed by atoms with Crippen molar-refractivity contribution in [3.8, 4) is 0 Å². The SMILES string of the molecule is C=C(N)O[C@]1(C)C[C@@H](C)C1. The lowest BCUT2D eigenvalue weighted by molar-refractivity contribution is -0.0764. The van der Waals surface area contributed by atoms with Crippen molar-refractivity contribution in [2.45, 2.75) is 32.3 Å². The largest absolute Gasteiger partial charge is 0.474 e. The van der Waals surface area contributed by atoms with Crippen molar-refractivity contribution < 1.29 is 4.74 Å². The Morgan fingerprint density at radius 3 is 2.50 bits per heavy atom. The summed E-state index contributed by atoms with van der Waals surface area (Å²) >= 11 is 0. The van der Waals surface area contributed by atoms with Gasteiger partial charge >= 0.3 is 0 Å². The molecule has 2 heteroatoms. The molecule has 1 aliphatic rings. The Morgan fingerprint density at radius 2 is 2.20 bits per heavy atom. The second-order valence-electron chi connectivity index (χ2n) is 3.53. The third-order valence-electron chi connectivity index (χ3n) is 1.94. The molecule has 0 aromatic heterocycles. The maximum Gasteiger partial charge on any atom is 0.177 e. The van der Waals surface area contributed by atoms with Gasteiger partial charge in [0, 0.05) is 0 Å². The highest BCUT2D eigenvalue weighted by Gasteiger charge is 2.39. The fraction of sp³-hybridized carbons (Fsp3) is 0.750. The molecule has 1 aliphatic carbocycles. The minimum absolute atomic E-state index is 0.00868. The van der Waals surface area contributed by atoms with Crippen LogP contribution in [0.2, 0.25) is 0 Å². The molecule has 1 saturated carbocycles. The minimum Gasteiger partial charge on any atom is -0.474 e. The lowest BCUT2D eigenvalue weighted by Crippen LogP contribution is -2.42. The summed E-state index contributed by atoms with van der Waals surface area (Å²) in [5.74, 6) is 1.12. The minimum atomic E-state index is -0.00868. The van der Waals surface area contributed by atoms with E-state index < -0.39 is 0 Å². The molecular weight excluding hydrogens is 126 g/mol. The molecule has 1 rings (SSSR count). The summed E-state index contributed by atoms with van der Waals surface area (Å²) in [6.07, 6.45) is 2.20. The van der Waals surface area contributed by atoms with E-state index in [1.54, 1.807) is 0 Å². The molecule has 0 amide bonds. The van der Waals surface area contributed by atoms with Gasteiger partial charge in [-0.05, 0) is 32.3 Å². The van der Waals surface area contributed by atoms with Crippen LogP contribution in [-0.2, 0) is 4.74 Å². The molecule has 0 saturated heterocycles. The Kier molecular flexibility index (Phi) is 1.63. The Bertz CT molecular complexity index is 147. The van der Waals surface area contributed by atoms with Crippen LogP contribution in [-0.4, -0.2) is 5.60 Å². The van der Waals surface area contributed by atoms with Gasteiger partial charge in [-0.2, -0.15) is 0 Å². The van der Waals surface area contributed by atoms with Gasteiger partial charge < -0.3 is 10.5 Å². The molecule has 0 aromatic rings. The maximum absolute atomic E-state index is 5.33. The van der Waals surface area contributed by atoms with Crippen molar-refractivity contribution in [3.05, 3.63) is 12.5 Å². The van der Waals surface area contributed by atoms with Crippen LogP contribution in [0.1, 0.15) is 26.7 Å². The second-order valence-corrected chi connectivity index (χ2v) is 3.53. The van der Waals surface area contributed by atoms with Crippen LogP contribution in [0.15, 0.2) is 12.5 Å². The standard InChI is InChI=1S/C8H15NO/c1-6-4-8(3,5-6)10-7(2)9/h6H,2,4-5,9H2,1,3H3/t6-,8-. The van der Waals surface area contributed by atoms with E-state index >= 15 is 0 Å². The highest BCUT2D eigenvalue weighted by molar-refractivity contribution is 4.93. The molecule has 58 valence electrons. The summed E-state index contributed by atoms with van der Waals surface area (Å²) in [5.41, 5.74) is 5.31. The van der Waals surface area contributed by atoms with Crippen molar-refractivity contribution in [1.29, 1.82) is 0 Å². The lowest BCUT2D eigenvalue weighted by atomic mass is 9.73. The molecule has 0 unspecified atom stereocenters. The predicted molar refractivity (Wildman–Crippen MR) is 41.2 cm³/mol. The van der Waals surface area contributed by atoms with E-state index in [1.807, 2.05) is 0 Å². The number of nitrogens with two attached hydrogens (primary N) is 1. The highest BCUT2D eigenvalue weighted by atomic mass is 16.5. The van der Waals surface area contributed by atoms with Gasteiger partial charge in [0.05, 0.1) is 0 Å². The molecule has 1 fully saturated rings. The summed E-state index contributed by atoms with van der Waals surface area (Å²) in [7, 11) is 0. The van der Waals surface area contributed by atoms with E-state index in [-0.39, 0.29) is 5.60 Å². The Labute approximate surface area is 62.1 Å². The number of hydrogen-bond acceptors (Lipinski definition) is 2. The first-order valence-electron chi connectivity index (χ1n) is 3.65. The van der Waals surface area contributed by atoms with E-state index in [0.717, 1.165) is 18.8 Å². The van der Waals surface area contributed by atoms with E-state index in [1.165, 1.54) is 0 Å². The van der Waals surface area contributed by atoms with Gasteiger partial charge in [0.25, 0.3) is 0 Å². The molecule has 0 bridgehead atoms. The van der Waals surface area contributed by atoms with Crippen LogP contribution in [0.25, 0.3) is 0 Å². The average Bonchev–Trinajstić information content (AvgIpc) is 1.57. The van der Waals surface area contributed by atoms with Gasteiger partial charge in [-0.1, -0.05) is 6.92 Å².